The molecule has 0 fully saturated rings. The highest BCUT2D eigenvalue weighted by atomic mass is 19.4. The van der Waals surface area contributed by atoms with Crippen LogP contribution in [0.15, 0.2) is 41.0 Å². The van der Waals surface area contributed by atoms with Gasteiger partial charge in [-0.05, 0) is 23.8 Å². The fourth-order valence-electron chi connectivity index (χ4n) is 1.59. The Bertz CT molecular complexity index is 517. The number of hydrogen-bond donors (Lipinski definition) is 1. The maximum Gasteiger partial charge on any atom is 0.573 e. The van der Waals surface area contributed by atoms with Gasteiger partial charge in [0.2, 0.25) is 0 Å². The van der Waals surface area contributed by atoms with Crippen molar-refractivity contribution in [3.63, 3.8) is 0 Å². The average molecular weight is 257 g/mol. The summed E-state index contributed by atoms with van der Waals surface area (Å²) in [7, 11) is 0. The van der Waals surface area contributed by atoms with E-state index >= 15 is 0 Å². The van der Waals surface area contributed by atoms with Crippen LogP contribution in [0.25, 0.3) is 11.1 Å². The number of hydrogen-bond acceptors (Lipinski definition) is 3. The van der Waals surface area contributed by atoms with Gasteiger partial charge < -0.3 is 14.9 Å². The Morgan fingerprint density at radius 1 is 1.11 bits per heavy atom. The van der Waals surface area contributed by atoms with Crippen molar-refractivity contribution in [1.82, 2.24) is 0 Å². The number of furan rings is 1. The molecule has 96 valence electrons. The molecule has 2 aromatic rings. The summed E-state index contributed by atoms with van der Waals surface area (Å²) >= 11 is 0. The van der Waals surface area contributed by atoms with E-state index in [9.17, 15) is 13.2 Å². The SMILES string of the molecule is NCc1occc1-c1ccc(OC(F)(F)F)cc1. The summed E-state index contributed by atoms with van der Waals surface area (Å²) < 4.78 is 44.9. The molecule has 1 aromatic heterocycles. The van der Waals surface area contributed by atoms with Gasteiger partial charge in [0, 0.05) is 5.56 Å². The van der Waals surface area contributed by atoms with Crippen LogP contribution in [0.5, 0.6) is 5.75 Å². The second-order valence-electron chi connectivity index (χ2n) is 3.53. The second kappa shape index (κ2) is 4.73. The molecule has 1 aromatic carbocycles. The largest absolute Gasteiger partial charge is 0.573 e. The van der Waals surface area contributed by atoms with Crippen LogP contribution in [0, 0.1) is 0 Å². The lowest BCUT2D eigenvalue weighted by Crippen LogP contribution is -2.16. The topological polar surface area (TPSA) is 48.4 Å². The predicted octanol–water partition coefficient (Wildman–Crippen LogP) is 3.30. The maximum absolute atomic E-state index is 12.0. The van der Waals surface area contributed by atoms with E-state index in [0.29, 0.717) is 5.76 Å². The number of benzene rings is 1. The van der Waals surface area contributed by atoms with Crippen LogP contribution < -0.4 is 10.5 Å². The second-order valence-corrected chi connectivity index (χ2v) is 3.53. The third kappa shape index (κ3) is 2.84. The molecule has 0 aliphatic rings. The average Bonchev–Trinajstić information content (AvgIpc) is 2.76. The summed E-state index contributed by atoms with van der Waals surface area (Å²) in [4.78, 5) is 0. The molecule has 6 heteroatoms. The molecule has 0 bridgehead atoms. The maximum atomic E-state index is 12.0. The number of ether oxygens (including phenoxy) is 1. The minimum absolute atomic E-state index is 0.225. The quantitative estimate of drug-likeness (QED) is 0.917. The summed E-state index contributed by atoms with van der Waals surface area (Å²) in [5.41, 5.74) is 6.96. The van der Waals surface area contributed by atoms with Crippen molar-refractivity contribution in [3.8, 4) is 16.9 Å². The van der Waals surface area contributed by atoms with E-state index < -0.39 is 6.36 Å². The third-order valence-corrected chi connectivity index (χ3v) is 2.33. The van der Waals surface area contributed by atoms with Crippen molar-refractivity contribution in [3.05, 3.63) is 42.4 Å². The van der Waals surface area contributed by atoms with Gasteiger partial charge in [-0.2, -0.15) is 0 Å². The van der Waals surface area contributed by atoms with E-state index in [1.165, 1.54) is 30.5 Å². The highest BCUT2D eigenvalue weighted by Crippen LogP contribution is 2.28. The predicted molar refractivity (Wildman–Crippen MR) is 58.7 cm³/mol. The standard InChI is InChI=1S/C12H10F3NO2/c13-12(14,15)18-9-3-1-8(2-4-9)10-5-6-17-11(10)7-16/h1-6H,7,16H2. The Morgan fingerprint density at radius 3 is 2.33 bits per heavy atom. The van der Waals surface area contributed by atoms with Crippen LogP contribution in [0.4, 0.5) is 13.2 Å². The van der Waals surface area contributed by atoms with E-state index in [-0.39, 0.29) is 12.3 Å². The Morgan fingerprint density at radius 2 is 1.78 bits per heavy atom. The summed E-state index contributed by atoms with van der Waals surface area (Å²) in [5.74, 6) is 0.323. The summed E-state index contributed by atoms with van der Waals surface area (Å²) in [6, 6.07) is 7.24. The van der Waals surface area contributed by atoms with Crippen molar-refractivity contribution in [1.29, 1.82) is 0 Å². The molecule has 0 saturated carbocycles. The molecule has 2 rings (SSSR count). The molecule has 3 nitrogen and oxygen atoms in total. The van der Waals surface area contributed by atoms with Gasteiger partial charge in [0.25, 0.3) is 0 Å². The van der Waals surface area contributed by atoms with Crippen molar-refractivity contribution >= 4 is 0 Å². The Hall–Kier alpha value is -1.95. The zero-order chi connectivity index (χ0) is 13.2. The number of nitrogens with two attached hydrogens (primary N) is 1. The van der Waals surface area contributed by atoms with Gasteiger partial charge in [0.05, 0.1) is 12.8 Å². The minimum Gasteiger partial charge on any atom is -0.467 e. The van der Waals surface area contributed by atoms with Crippen LogP contribution in [0.3, 0.4) is 0 Å². The van der Waals surface area contributed by atoms with Crippen LogP contribution in [-0.4, -0.2) is 6.36 Å². The first-order valence-electron chi connectivity index (χ1n) is 5.12. The Kier molecular flexibility index (Phi) is 3.29. The van der Waals surface area contributed by atoms with Gasteiger partial charge in [-0.15, -0.1) is 13.2 Å². The Balaban J connectivity index is 2.23. The minimum atomic E-state index is -4.68. The lowest BCUT2D eigenvalue weighted by Gasteiger charge is -2.09. The fraction of sp³-hybridized carbons (Fsp3) is 0.167. The van der Waals surface area contributed by atoms with Crippen LogP contribution >= 0.6 is 0 Å². The first-order valence-corrected chi connectivity index (χ1v) is 5.12. The van der Waals surface area contributed by atoms with Gasteiger partial charge in [0.15, 0.2) is 0 Å². The molecule has 0 aliphatic heterocycles. The van der Waals surface area contributed by atoms with Crippen LogP contribution in [0.1, 0.15) is 5.76 Å². The van der Waals surface area contributed by atoms with E-state index in [1.807, 2.05) is 0 Å². The lowest BCUT2D eigenvalue weighted by atomic mass is 10.1. The lowest BCUT2D eigenvalue weighted by molar-refractivity contribution is -0.274. The first-order chi connectivity index (χ1) is 8.49. The van der Waals surface area contributed by atoms with Gasteiger partial charge >= 0.3 is 6.36 Å². The molecule has 0 atom stereocenters. The van der Waals surface area contributed by atoms with Crippen molar-refractivity contribution in [2.75, 3.05) is 0 Å². The molecule has 1 heterocycles. The zero-order valence-electron chi connectivity index (χ0n) is 9.20. The highest BCUT2D eigenvalue weighted by molar-refractivity contribution is 5.66. The van der Waals surface area contributed by atoms with Gasteiger partial charge in [-0.1, -0.05) is 12.1 Å². The Labute approximate surface area is 101 Å². The molecular weight excluding hydrogens is 247 g/mol. The monoisotopic (exact) mass is 257 g/mol. The van der Waals surface area contributed by atoms with Gasteiger partial charge in [-0.3, -0.25) is 0 Å². The van der Waals surface area contributed by atoms with Crippen molar-refractivity contribution < 1.29 is 22.3 Å². The number of alkyl halides is 3. The molecule has 0 radical (unpaired) electrons. The van der Waals surface area contributed by atoms with Gasteiger partial charge in [0.1, 0.15) is 11.5 Å². The van der Waals surface area contributed by atoms with Crippen molar-refractivity contribution in [2.45, 2.75) is 12.9 Å². The molecule has 0 amide bonds. The summed E-state index contributed by atoms with van der Waals surface area (Å²) in [6.45, 7) is 0.225. The molecule has 2 N–H and O–H groups in total. The summed E-state index contributed by atoms with van der Waals surface area (Å²) in [5, 5.41) is 0. The van der Waals surface area contributed by atoms with Gasteiger partial charge in [-0.25, -0.2) is 0 Å². The third-order valence-electron chi connectivity index (χ3n) is 2.33. The van der Waals surface area contributed by atoms with Crippen LogP contribution in [-0.2, 0) is 6.54 Å². The normalized spacial score (nSPS) is 11.6. The smallest absolute Gasteiger partial charge is 0.467 e. The molecule has 0 aliphatic carbocycles. The number of rotatable bonds is 3. The summed E-state index contributed by atoms with van der Waals surface area (Å²) in [6.07, 6.45) is -3.20. The highest BCUT2D eigenvalue weighted by Gasteiger charge is 2.30. The van der Waals surface area contributed by atoms with E-state index in [0.717, 1.165) is 11.1 Å². The van der Waals surface area contributed by atoms with E-state index in [1.54, 1.807) is 6.07 Å². The molecular formula is C12H10F3NO2. The zero-order valence-corrected chi connectivity index (χ0v) is 9.20. The van der Waals surface area contributed by atoms with E-state index in [4.69, 9.17) is 10.2 Å². The fourth-order valence-corrected chi connectivity index (χ4v) is 1.59. The van der Waals surface area contributed by atoms with Crippen LogP contribution in [0.2, 0.25) is 0 Å². The molecule has 0 saturated heterocycles. The molecule has 0 unspecified atom stereocenters. The van der Waals surface area contributed by atoms with Crippen molar-refractivity contribution in [2.24, 2.45) is 5.73 Å². The molecule has 0 spiro atoms. The number of halogens is 3. The van der Waals surface area contributed by atoms with E-state index in [2.05, 4.69) is 4.74 Å². The first kappa shape index (κ1) is 12.5. The molecule has 18 heavy (non-hydrogen) atoms.